The molecule has 1 heterocycles. The van der Waals surface area contributed by atoms with Gasteiger partial charge >= 0.3 is 5.97 Å². The Morgan fingerprint density at radius 3 is 2.41 bits per heavy atom. The Morgan fingerprint density at radius 1 is 0.919 bits per heavy atom. The first-order chi connectivity index (χ1) is 18.0. The molecule has 0 radical (unpaired) electrons. The Kier molecular flexibility index (Phi) is 12.2. The number of esters is 1. The Labute approximate surface area is 221 Å². The topological polar surface area (TPSA) is 59.4 Å². The van der Waals surface area contributed by atoms with Crippen molar-refractivity contribution in [3.63, 3.8) is 0 Å². The molecule has 4 aromatic rings. The fourth-order valence-electron chi connectivity index (χ4n) is 3.89. The van der Waals surface area contributed by atoms with Gasteiger partial charge in [-0.3, -0.25) is 0 Å². The summed E-state index contributed by atoms with van der Waals surface area (Å²) in [4.78, 5) is 16.7. The van der Waals surface area contributed by atoms with Crippen molar-refractivity contribution in [1.29, 1.82) is 0 Å². The second-order valence-corrected chi connectivity index (χ2v) is 8.14. The summed E-state index contributed by atoms with van der Waals surface area (Å²) in [7, 11) is 1.38. The molecule has 4 heteroatoms. The van der Waals surface area contributed by atoms with Crippen LogP contribution in [0.3, 0.4) is 0 Å². The molecule has 4 nitrogen and oxygen atoms in total. The number of pyridine rings is 1. The summed E-state index contributed by atoms with van der Waals surface area (Å²) in [6, 6.07) is 25.5. The third-order valence-electron chi connectivity index (χ3n) is 5.72. The summed E-state index contributed by atoms with van der Waals surface area (Å²) in [5.41, 5.74) is 6.31. The van der Waals surface area contributed by atoms with Crippen molar-refractivity contribution in [3.05, 3.63) is 112 Å². The summed E-state index contributed by atoms with van der Waals surface area (Å²) in [6.45, 7) is 10.1. The molecule has 3 aromatic carbocycles. The SMILES string of the molecule is CC.CC.COC(=O)c1ccccc1CC[C@H](O)c1cccc(/C=C/c2ccc3ccc(C)cc3n2)c1. The van der Waals surface area contributed by atoms with Crippen molar-refractivity contribution in [3.8, 4) is 0 Å². The molecule has 1 atom stereocenters. The number of rotatable bonds is 7. The Morgan fingerprint density at radius 2 is 1.65 bits per heavy atom. The average Bonchev–Trinajstić information content (AvgIpc) is 2.96. The molecule has 0 aliphatic rings. The number of benzene rings is 3. The third-order valence-corrected chi connectivity index (χ3v) is 5.72. The number of aliphatic hydroxyl groups excluding tert-OH is 1. The minimum Gasteiger partial charge on any atom is -0.465 e. The summed E-state index contributed by atoms with van der Waals surface area (Å²) >= 11 is 0. The highest BCUT2D eigenvalue weighted by molar-refractivity contribution is 5.91. The highest BCUT2D eigenvalue weighted by atomic mass is 16.5. The second kappa shape index (κ2) is 15.4. The van der Waals surface area contributed by atoms with Gasteiger partial charge < -0.3 is 9.84 Å². The highest BCUT2D eigenvalue weighted by Gasteiger charge is 2.14. The van der Waals surface area contributed by atoms with Crippen LogP contribution in [0.5, 0.6) is 0 Å². The van der Waals surface area contributed by atoms with Crippen LogP contribution in [0.15, 0.2) is 78.9 Å². The van der Waals surface area contributed by atoms with Crippen molar-refractivity contribution in [2.75, 3.05) is 7.11 Å². The lowest BCUT2D eigenvalue weighted by Gasteiger charge is -2.13. The zero-order valence-electron chi connectivity index (χ0n) is 22.9. The standard InChI is InChI=1S/C29H27NO3.2C2H6/c1-20-10-12-23-13-16-25(30-27(23)18-20)15-11-21-6-5-8-24(19-21)28(31)17-14-22-7-3-4-9-26(22)29(32)33-2;2*1-2/h3-13,15-16,18-19,28,31H,14,17H2,1-2H3;2*1-2H3/b15-11+;;/t28-;;/m0../s1. The molecule has 0 amide bonds. The van der Waals surface area contributed by atoms with E-state index < -0.39 is 6.10 Å². The third kappa shape index (κ3) is 8.40. The summed E-state index contributed by atoms with van der Waals surface area (Å²) in [6.07, 6.45) is 4.44. The summed E-state index contributed by atoms with van der Waals surface area (Å²) in [5.74, 6) is -0.357. The minimum atomic E-state index is -0.633. The molecule has 0 bridgehead atoms. The van der Waals surface area contributed by atoms with Gasteiger partial charge in [0.15, 0.2) is 0 Å². The van der Waals surface area contributed by atoms with Crippen LogP contribution in [0.1, 0.15) is 78.5 Å². The molecule has 0 aliphatic heterocycles. The number of carbonyl (C=O) groups excluding carboxylic acids is 1. The molecule has 1 N–H and O–H groups in total. The zero-order chi connectivity index (χ0) is 27.2. The smallest absolute Gasteiger partial charge is 0.338 e. The Bertz CT molecular complexity index is 1310. The van der Waals surface area contributed by atoms with Crippen molar-refractivity contribution < 1.29 is 14.6 Å². The van der Waals surface area contributed by atoms with Gasteiger partial charge in [-0.05, 0) is 72.4 Å². The first kappa shape index (κ1) is 29.5. The molecule has 1 aromatic heterocycles. The maximum atomic E-state index is 12.0. The predicted molar refractivity (Wildman–Crippen MR) is 156 cm³/mol. The molecule has 37 heavy (non-hydrogen) atoms. The van der Waals surface area contributed by atoms with E-state index >= 15 is 0 Å². The number of aliphatic hydroxyl groups is 1. The van der Waals surface area contributed by atoms with Crippen LogP contribution in [0.25, 0.3) is 23.1 Å². The maximum absolute atomic E-state index is 12.0. The lowest BCUT2D eigenvalue weighted by Crippen LogP contribution is -2.07. The van der Waals surface area contributed by atoms with Crippen LogP contribution in [0.2, 0.25) is 0 Å². The van der Waals surface area contributed by atoms with Crippen LogP contribution in [0, 0.1) is 6.92 Å². The van der Waals surface area contributed by atoms with Crippen molar-refractivity contribution in [1.82, 2.24) is 4.98 Å². The van der Waals surface area contributed by atoms with Gasteiger partial charge in [0.25, 0.3) is 0 Å². The van der Waals surface area contributed by atoms with Crippen molar-refractivity contribution in [2.45, 2.75) is 53.6 Å². The molecule has 0 saturated heterocycles. The first-order valence-electron chi connectivity index (χ1n) is 13.0. The van der Waals surface area contributed by atoms with Crippen LogP contribution < -0.4 is 0 Å². The van der Waals surface area contributed by atoms with E-state index in [1.165, 1.54) is 12.7 Å². The van der Waals surface area contributed by atoms with E-state index in [1.54, 1.807) is 6.07 Å². The fourth-order valence-corrected chi connectivity index (χ4v) is 3.89. The number of nitrogens with zero attached hydrogens (tertiary/aromatic N) is 1. The molecule has 0 spiro atoms. The highest BCUT2D eigenvalue weighted by Crippen LogP contribution is 2.23. The minimum absolute atomic E-state index is 0.357. The predicted octanol–water partition coefficient (Wildman–Crippen LogP) is 8.22. The molecule has 194 valence electrons. The van der Waals surface area contributed by atoms with Gasteiger partial charge in [-0.1, -0.05) is 88.4 Å². The van der Waals surface area contributed by atoms with E-state index in [9.17, 15) is 9.90 Å². The van der Waals surface area contributed by atoms with Crippen LogP contribution in [-0.4, -0.2) is 23.2 Å². The first-order valence-corrected chi connectivity index (χ1v) is 13.0. The Balaban J connectivity index is 0.00000115. The molecule has 0 aliphatic carbocycles. The van der Waals surface area contributed by atoms with Crippen molar-refractivity contribution in [2.24, 2.45) is 0 Å². The molecule has 0 unspecified atom stereocenters. The molecular weight excluding hydrogens is 458 g/mol. The van der Waals surface area contributed by atoms with Gasteiger partial charge in [0.05, 0.1) is 30.0 Å². The number of hydrogen-bond donors (Lipinski definition) is 1. The summed E-state index contributed by atoms with van der Waals surface area (Å²) < 4.78 is 4.86. The molecule has 0 fully saturated rings. The van der Waals surface area contributed by atoms with Gasteiger partial charge in [0, 0.05) is 5.39 Å². The van der Waals surface area contributed by atoms with E-state index in [0.717, 1.165) is 33.3 Å². The van der Waals surface area contributed by atoms with Gasteiger partial charge in [-0.15, -0.1) is 0 Å². The number of methoxy groups -OCH3 is 1. The number of aryl methyl sites for hydroxylation is 2. The van der Waals surface area contributed by atoms with E-state index in [1.807, 2.05) is 88.4 Å². The lowest BCUT2D eigenvalue weighted by atomic mass is 9.97. The zero-order valence-corrected chi connectivity index (χ0v) is 22.9. The van der Waals surface area contributed by atoms with E-state index in [0.29, 0.717) is 18.4 Å². The van der Waals surface area contributed by atoms with Gasteiger partial charge in [-0.25, -0.2) is 9.78 Å². The van der Waals surface area contributed by atoms with Crippen LogP contribution >= 0.6 is 0 Å². The Hall–Kier alpha value is -3.76. The number of ether oxygens (including phenoxy) is 1. The average molecular weight is 498 g/mol. The van der Waals surface area contributed by atoms with Crippen LogP contribution in [-0.2, 0) is 11.2 Å². The van der Waals surface area contributed by atoms with E-state index in [4.69, 9.17) is 9.72 Å². The van der Waals surface area contributed by atoms with Crippen molar-refractivity contribution >= 4 is 29.0 Å². The lowest BCUT2D eigenvalue weighted by molar-refractivity contribution is 0.0599. The van der Waals surface area contributed by atoms with Gasteiger partial charge in [0.2, 0.25) is 0 Å². The van der Waals surface area contributed by atoms with E-state index in [2.05, 4.69) is 31.2 Å². The molecular formula is C33H39NO3. The van der Waals surface area contributed by atoms with Crippen LogP contribution in [0.4, 0.5) is 0 Å². The van der Waals surface area contributed by atoms with E-state index in [-0.39, 0.29) is 5.97 Å². The molecule has 0 saturated carbocycles. The second-order valence-electron chi connectivity index (χ2n) is 8.14. The number of hydrogen-bond acceptors (Lipinski definition) is 4. The monoisotopic (exact) mass is 497 g/mol. The number of aromatic nitrogens is 1. The fraction of sp³-hybridized carbons (Fsp3) is 0.273. The summed E-state index contributed by atoms with van der Waals surface area (Å²) in [5, 5.41) is 11.9. The maximum Gasteiger partial charge on any atom is 0.338 e. The van der Waals surface area contributed by atoms with Gasteiger partial charge in [0.1, 0.15) is 0 Å². The largest absolute Gasteiger partial charge is 0.465 e. The number of fused-ring (bicyclic) bond motifs is 1. The van der Waals surface area contributed by atoms with Gasteiger partial charge in [-0.2, -0.15) is 0 Å². The quantitative estimate of drug-likeness (QED) is 0.261. The normalized spacial score (nSPS) is 11.2. The number of carbonyl (C=O) groups is 1. The molecule has 4 rings (SSSR count).